The summed E-state index contributed by atoms with van der Waals surface area (Å²) in [5, 5.41) is 3.54. The largest absolute Gasteiger partial charge is 0.378 e. The number of hydrogen-bond acceptors (Lipinski definition) is 3. The second-order valence-electron chi connectivity index (χ2n) is 5.99. The molecule has 1 aromatic rings. The second-order valence-corrected chi connectivity index (χ2v) is 5.99. The fourth-order valence-corrected chi connectivity index (χ4v) is 3.62. The van der Waals surface area contributed by atoms with Gasteiger partial charge in [0.2, 0.25) is 0 Å². The highest BCUT2D eigenvalue weighted by Gasteiger charge is 2.32. The summed E-state index contributed by atoms with van der Waals surface area (Å²) in [6.45, 7) is 7.69. The van der Waals surface area contributed by atoms with Crippen molar-refractivity contribution in [3.8, 4) is 0 Å². The SMILES string of the molecule is CCC1OCCC1CN1CCNCC1c1ccccc1. The molecule has 0 amide bonds. The first-order valence-electron chi connectivity index (χ1n) is 7.99. The van der Waals surface area contributed by atoms with Crippen molar-refractivity contribution in [3.05, 3.63) is 35.9 Å². The van der Waals surface area contributed by atoms with E-state index in [-0.39, 0.29) is 0 Å². The lowest BCUT2D eigenvalue weighted by atomic mass is 9.96. The van der Waals surface area contributed by atoms with Crippen LogP contribution in [0.1, 0.15) is 31.4 Å². The van der Waals surface area contributed by atoms with Crippen molar-refractivity contribution in [1.29, 1.82) is 0 Å². The minimum atomic E-state index is 0.473. The van der Waals surface area contributed by atoms with Gasteiger partial charge in [0.1, 0.15) is 0 Å². The predicted octanol–water partition coefficient (Wildman–Crippen LogP) is 2.45. The topological polar surface area (TPSA) is 24.5 Å². The van der Waals surface area contributed by atoms with Crippen molar-refractivity contribution in [2.75, 3.05) is 32.8 Å². The molecule has 3 nitrogen and oxygen atoms in total. The van der Waals surface area contributed by atoms with E-state index in [0.717, 1.165) is 32.7 Å². The Balaban J connectivity index is 1.69. The Bertz CT molecular complexity index is 409. The van der Waals surface area contributed by atoms with Crippen molar-refractivity contribution in [3.63, 3.8) is 0 Å². The minimum Gasteiger partial charge on any atom is -0.378 e. The highest BCUT2D eigenvalue weighted by molar-refractivity contribution is 5.20. The molecule has 110 valence electrons. The van der Waals surface area contributed by atoms with Crippen LogP contribution >= 0.6 is 0 Å². The molecule has 0 spiro atoms. The van der Waals surface area contributed by atoms with Gasteiger partial charge in [-0.25, -0.2) is 0 Å². The summed E-state index contributed by atoms with van der Waals surface area (Å²) in [6, 6.07) is 11.4. The molecule has 3 rings (SSSR count). The molecule has 0 aromatic heterocycles. The van der Waals surface area contributed by atoms with Crippen LogP contribution in [0.2, 0.25) is 0 Å². The Hall–Kier alpha value is -0.900. The molecule has 2 saturated heterocycles. The van der Waals surface area contributed by atoms with Crippen molar-refractivity contribution in [2.24, 2.45) is 5.92 Å². The Morgan fingerprint density at radius 1 is 1.30 bits per heavy atom. The van der Waals surface area contributed by atoms with E-state index in [1.165, 1.54) is 18.5 Å². The van der Waals surface area contributed by atoms with Crippen LogP contribution in [0.15, 0.2) is 30.3 Å². The lowest BCUT2D eigenvalue weighted by Gasteiger charge is -2.38. The average Bonchev–Trinajstić information content (AvgIpc) is 2.96. The van der Waals surface area contributed by atoms with E-state index in [4.69, 9.17) is 4.74 Å². The van der Waals surface area contributed by atoms with Gasteiger partial charge >= 0.3 is 0 Å². The Kier molecular flexibility index (Phi) is 4.71. The first kappa shape index (κ1) is 14.1. The molecule has 2 fully saturated rings. The standard InChI is InChI=1S/C17H26N2O/c1-2-17-15(8-11-20-17)13-19-10-9-18-12-16(19)14-6-4-3-5-7-14/h3-7,15-18H,2,8-13H2,1H3. The maximum atomic E-state index is 5.85. The number of ether oxygens (including phenoxy) is 1. The van der Waals surface area contributed by atoms with Gasteiger partial charge in [0.05, 0.1) is 6.10 Å². The summed E-state index contributed by atoms with van der Waals surface area (Å²) in [4.78, 5) is 2.66. The highest BCUT2D eigenvalue weighted by atomic mass is 16.5. The third kappa shape index (κ3) is 3.05. The zero-order valence-corrected chi connectivity index (χ0v) is 12.4. The summed E-state index contributed by atoms with van der Waals surface area (Å²) < 4.78 is 5.85. The second kappa shape index (κ2) is 6.70. The fourth-order valence-electron chi connectivity index (χ4n) is 3.62. The molecular weight excluding hydrogens is 248 g/mol. The van der Waals surface area contributed by atoms with Crippen LogP contribution < -0.4 is 5.32 Å². The Morgan fingerprint density at radius 2 is 2.15 bits per heavy atom. The molecule has 1 aromatic carbocycles. The van der Waals surface area contributed by atoms with E-state index < -0.39 is 0 Å². The van der Waals surface area contributed by atoms with Crippen molar-refractivity contribution in [1.82, 2.24) is 10.2 Å². The zero-order chi connectivity index (χ0) is 13.8. The minimum absolute atomic E-state index is 0.473. The molecule has 3 unspecified atom stereocenters. The molecule has 2 heterocycles. The first-order chi connectivity index (χ1) is 9.88. The van der Waals surface area contributed by atoms with Gasteiger partial charge in [0.25, 0.3) is 0 Å². The van der Waals surface area contributed by atoms with Gasteiger partial charge < -0.3 is 10.1 Å². The molecule has 0 saturated carbocycles. The summed E-state index contributed by atoms with van der Waals surface area (Å²) in [5.41, 5.74) is 1.44. The van der Waals surface area contributed by atoms with Crippen molar-refractivity contribution < 1.29 is 4.74 Å². The molecule has 0 radical (unpaired) electrons. The quantitative estimate of drug-likeness (QED) is 0.913. The van der Waals surface area contributed by atoms with Crippen LogP contribution in [0.25, 0.3) is 0 Å². The van der Waals surface area contributed by atoms with E-state index >= 15 is 0 Å². The monoisotopic (exact) mass is 274 g/mol. The molecule has 2 aliphatic heterocycles. The van der Waals surface area contributed by atoms with Gasteiger partial charge in [-0.15, -0.1) is 0 Å². The average molecular weight is 274 g/mol. The number of hydrogen-bond donors (Lipinski definition) is 1. The number of nitrogens with one attached hydrogen (secondary N) is 1. The van der Waals surface area contributed by atoms with E-state index in [2.05, 4.69) is 47.5 Å². The third-order valence-electron chi connectivity index (χ3n) is 4.76. The summed E-state index contributed by atoms with van der Waals surface area (Å²) in [5.74, 6) is 0.712. The molecule has 1 N–H and O–H groups in total. The van der Waals surface area contributed by atoms with Crippen LogP contribution in [0.4, 0.5) is 0 Å². The predicted molar refractivity (Wildman–Crippen MR) is 81.8 cm³/mol. The van der Waals surface area contributed by atoms with Crippen LogP contribution in [-0.4, -0.2) is 43.8 Å². The molecule has 3 atom stereocenters. The summed E-state index contributed by atoms with van der Waals surface area (Å²) in [7, 11) is 0. The number of nitrogens with zero attached hydrogens (tertiary/aromatic N) is 1. The van der Waals surface area contributed by atoms with Gasteiger partial charge in [0, 0.05) is 38.8 Å². The third-order valence-corrected chi connectivity index (χ3v) is 4.76. The van der Waals surface area contributed by atoms with E-state index in [1.807, 2.05) is 0 Å². The summed E-state index contributed by atoms with van der Waals surface area (Å²) in [6.07, 6.45) is 2.85. The van der Waals surface area contributed by atoms with Crippen LogP contribution in [-0.2, 0) is 4.74 Å². The van der Waals surface area contributed by atoms with Crippen LogP contribution in [0.3, 0.4) is 0 Å². The number of piperazine rings is 1. The zero-order valence-electron chi connectivity index (χ0n) is 12.4. The van der Waals surface area contributed by atoms with Gasteiger partial charge in [-0.1, -0.05) is 37.3 Å². The maximum Gasteiger partial charge on any atom is 0.0613 e. The Morgan fingerprint density at radius 3 is 2.95 bits per heavy atom. The van der Waals surface area contributed by atoms with Crippen LogP contribution in [0.5, 0.6) is 0 Å². The Labute approximate surface area is 122 Å². The van der Waals surface area contributed by atoms with Gasteiger partial charge in [0.15, 0.2) is 0 Å². The van der Waals surface area contributed by atoms with Crippen molar-refractivity contribution >= 4 is 0 Å². The van der Waals surface area contributed by atoms with E-state index in [1.54, 1.807) is 0 Å². The molecule has 2 aliphatic rings. The number of rotatable bonds is 4. The smallest absolute Gasteiger partial charge is 0.0613 e. The van der Waals surface area contributed by atoms with Crippen LogP contribution in [0, 0.1) is 5.92 Å². The van der Waals surface area contributed by atoms with Gasteiger partial charge in [-0.3, -0.25) is 4.90 Å². The lowest BCUT2D eigenvalue weighted by molar-refractivity contribution is 0.0625. The summed E-state index contributed by atoms with van der Waals surface area (Å²) >= 11 is 0. The van der Waals surface area contributed by atoms with E-state index in [9.17, 15) is 0 Å². The molecular formula is C17H26N2O. The first-order valence-corrected chi connectivity index (χ1v) is 7.99. The van der Waals surface area contributed by atoms with Gasteiger partial charge in [-0.2, -0.15) is 0 Å². The molecule has 0 bridgehead atoms. The van der Waals surface area contributed by atoms with Crippen molar-refractivity contribution in [2.45, 2.75) is 31.9 Å². The number of benzene rings is 1. The fraction of sp³-hybridized carbons (Fsp3) is 0.647. The highest BCUT2D eigenvalue weighted by Crippen LogP contribution is 2.29. The normalized spacial score (nSPS) is 31.6. The molecule has 0 aliphatic carbocycles. The lowest BCUT2D eigenvalue weighted by Crippen LogP contribution is -2.48. The van der Waals surface area contributed by atoms with E-state index in [0.29, 0.717) is 18.1 Å². The molecule has 3 heteroatoms. The molecule has 20 heavy (non-hydrogen) atoms. The van der Waals surface area contributed by atoms with Gasteiger partial charge in [-0.05, 0) is 24.3 Å². The maximum absolute atomic E-state index is 5.85.